The Balaban J connectivity index is 1.59. The third-order valence-electron chi connectivity index (χ3n) is 4.38. The number of carbonyl (C=O) groups excluding carboxylic acids is 1. The Morgan fingerprint density at radius 1 is 1.00 bits per heavy atom. The summed E-state index contributed by atoms with van der Waals surface area (Å²) in [5, 5.41) is 11.8. The van der Waals surface area contributed by atoms with Crippen LogP contribution in [-0.2, 0) is 13.1 Å². The van der Waals surface area contributed by atoms with E-state index in [-0.39, 0.29) is 24.0 Å². The van der Waals surface area contributed by atoms with Gasteiger partial charge < -0.3 is 9.88 Å². The van der Waals surface area contributed by atoms with Crippen LogP contribution in [0.2, 0.25) is 5.02 Å². The second-order valence-electron chi connectivity index (χ2n) is 6.45. The van der Waals surface area contributed by atoms with Crippen molar-refractivity contribution in [2.75, 3.05) is 0 Å². The Morgan fingerprint density at radius 3 is 2.34 bits per heavy atom. The Kier molecular flexibility index (Phi) is 5.39. The number of benzene rings is 2. The normalized spacial score (nSPS) is 10.8. The van der Waals surface area contributed by atoms with E-state index in [9.17, 15) is 9.18 Å². The number of hydrogen-bond acceptors (Lipinski definition) is 3. The molecule has 0 radical (unpaired) electrons. The van der Waals surface area contributed by atoms with Crippen molar-refractivity contribution in [1.82, 2.24) is 24.9 Å². The molecule has 6 nitrogen and oxygen atoms in total. The minimum atomic E-state index is -0.361. The predicted molar refractivity (Wildman–Crippen MR) is 107 cm³/mol. The third kappa shape index (κ3) is 4.35. The van der Waals surface area contributed by atoms with Gasteiger partial charge >= 0.3 is 0 Å². The van der Waals surface area contributed by atoms with E-state index in [1.165, 1.54) is 12.1 Å². The molecule has 0 bridgehead atoms. The molecule has 0 fully saturated rings. The minimum absolute atomic E-state index is 0.206. The molecule has 2 aromatic heterocycles. The van der Waals surface area contributed by atoms with Gasteiger partial charge in [0.1, 0.15) is 5.82 Å². The number of carbonyl (C=O) groups is 1. The van der Waals surface area contributed by atoms with Crippen molar-refractivity contribution in [3.63, 3.8) is 0 Å². The molecule has 1 N–H and O–H groups in total. The van der Waals surface area contributed by atoms with Crippen molar-refractivity contribution >= 4 is 17.5 Å². The highest BCUT2D eigenvalue weighted by molar-refractivity contribution is 6.30. The van der Waals surface area contributed by atoms with Gasteiger partial charge in [-0.05, 0) is 47.5 Å². The highest BCUT2D eigenvalue weighted by Gasteiger charge is 2.21. The van der Waals surface area contributed by atoms with Crippen LogP contribution in [0.5, 0.6) is 0 Å². The van der Waals surface area contributed by atoms with E-state index in [1.807, 2.05) is 36.7 Å². The number of aromatic nitrogens is 4. The molecule has 0 spiro atoms. The Morgan fingerprint density at radius 2 is 1.66 bits per heavy atom. The summed E-state index contributed by atoms with van der Waals surface area (Å²) < 4.78 is 16.5. The molecule has 2 heterocycles. The van der Waals surface area contributed by atoms with Crippen LogP contribution in [0.1, 0.15) is 21.6 Å². The van der Waals surface area contributed by atoms with Crippen molar-refractivity contribution in [2.45, 2.75) is 13.1 Å². The number of hydrogen-bond donors (Lipinski definition) is 1. The predicted octanol–water partition coefficient (Wildman–Crippen LogP) is 3.84. The summed E-state index contributed by atoms with van der Waals surface area (Å²) in [5.74, 6) is -0.123. The molecule has 1 amide bonds. The van der Waals surface area contributed by atoms with Gasteiger partial charge in [0.15, 0.2) is 11.5 Å². The van der Waals surface area contributed by atoms with Gasteiger partial charge in [-0.3, -0.25) is 4.79 Å². The molecule has 8 heteroatoms. The SMILES string of the molecule is O=C(NCc1ccc(F)cc1)c1nnn(Cc2ccc(Cl)cc2)c1-n1cccc1. The lowest BCUT2D eigenvalue weighted by Crippen LogP contribution is -2.25. The van der Waals surface area contributed by atoms with E-state index in [2.05, 4.69) is 15.6 Å². The van der Waals surface area contributed by atoms with E-state index in [4.69, 9.17) is 11.6 Å². The maximum absolute atomic E-state index is 13.0. The summed E-state index contributed by atoms with van der Waals surface area (Å²) >= 11 is 5.95. The lowest BCUT2D eigenvalue weighted by Gasteiger charge is -2.10. The lowest BCUT2D eigenvalue weighted by molar-refractivity contribution is 0.0946. The van der Waals surface area contributed by atoms with Gasteiger partial charge in [0.2, 0.25) is 0 Å². The monoisotopic (exact) mass is 409 g/mol. The molecule has 0 aliphatic heterocycles. The van der Waals surface area contributed by atoms with Crippen LogP contribution in [0.15, 0.2) is 73.1 Å². The third-order valence-corrected chi connectivity index (χ3v) is 4.64. The molecule has 146 valence electrons. The fraction of sp³-hybridized carbons (Fsp3) is 0.0952. The van der Waals surface area contributed by atoms with Gasteiger partial charge in [-0.1, -0.05) is 41.1 Å². The summed E-state index contributed by atoms with van der Waals surface area (Å²) in [5.41, 5.74) is 1.97. The van der Waals surface area contributed by atoms with Crippen LogP contribution in [-0.4, -0.2) is 25.5 Å². The number of nitrogens with one attached hydrogen (secondary N) is 1. The highest BCUT2D eigenvalue weighted by atomic mass is 35.5. The van der Waals surface area contributed by atoms with Crippen LogP contribution >= 0.6 is 11.6 Å². The molecule has 0 aliphatic carbocycles. The zero-order valence-electron chi connectivity index (χ0n) is 15.3. The van der Waals surface area contributed by atoms with E-state index < -0.39 is 0 Å². The summed E-state index contributed by atoms with van der Waals surface area (Å²) in [6.07, 6.45) is 3.65. The van der Waals surface area contributed by atoms with Crippen molar-refractivity contribution in [3.8, 4) is 5.82 Å². The average molecular weight is 410 g/mol. The van der Waals surface area contributed by atoms with Gasteiger partial charge in [0.05, 0.1) is 6.54 Å². The maximum Gasteiger partial charge on any atom is 0.276 e. The van der Waals surface area contributed by atoms with E-state index in [1.54, 1.807) is 33.5 Å². The number of amides is 1. The second kappa shape index (κ2) is 8.28. The van der Waals surface area contributed by atoms with Gasteiger partial charge in [-0.15, -0.1) is 5.10 Å². The highest BCUT2D eigenvalue weighted by Crippen LogP contribution is 2.16. The fourth-order valence-electron chi connectivity index (χ4n) is 2.92. The van der Waals surface area contributed by atoms with Crippen molar-refractivity contribution < 1.29 is 9.18 Å². The van der Waals surface area contributed by atoms with E-state index >= 15 is 0 Å². The molecular formula is C21H17ClFN5O. The topological polar surface area (TPSA) is 64.7 Å². The summed E-state index contributed by atoms with van der Waals surface area (Å²) in [6, 6.07) is 17.1. The molecule has 0 atom stereocenters. The van der Waals surface area contributed by atoms with Crippen LogP contribution in [0.4, 0.5) is 4.39 Å². The maximum atomic E-state index is 13.0. The molecule has 0 unspecified atom stereocenters. The van der Waals surface area contributed by atoms with Gasteiger partial charge in [0.25, 0.3) is 5.91 Å². The number of halogens is 2. The molecule has 0 saturated carbocycles. The first kappa shape index (κ1) is 18.9. The van der Waals surface area contributed by atoms with Crippen molar-refractivity contribution in [1.29, 1.82) is 0 Å². The van der Waals surface area contributed by atoms with Crippen molar-refractivity contribution in [3.05, 3.63) is 101 Å². The van der Waals surface area contributed by atoms with Gasteiger partial charge in [0, 0.05) is 24.0 Å². The largest absolute Gasteiger partial charge is 0.346 e. The minimum Gasteiger partial charge on any atom is -0.346 e. The summed E-state index contributed by atoms with van der Waals surface area (Å²) in [6.45, 7) is 0.692. The van der Waals surface area contributed by atoms with E-state index in [0.717, 1.165) is 11.1 Å². The number of nitrogens with zero attached hydrogens (tertiary/aromatic N) is 4. The molecule has 29 heavy (non-hydrogen) atoms. The smallest absolute Gasteiger partial charge is 0.276 e. The first-order valence-electron chi connectivity index (χ1n) is 8.94. The van der Waals surface area contributed by atoms with Gasteiger partial charge in [-0.25, -0.2) is 9.07 Å². The van der Waals surface area contributed by atoms with Crippen LogP contribution in [0, 0.1) is 5.82 Å². The Bertz CT molecular complexity index is 1110. The summed E-state index contributed by atoms with van der Waals surface area (Å²) in [4.78, 5) is 12.8. The Labute approximate surface area is 171 Å². The molecule has 0 saturated heterocycles. The quantitative estimate of drug-likeness (QED) is 0.526. The zero-order chi connectivity index (χ0) is 20.2. The van der Waals surface area contributed by atoms with Crippen molar-refractivity contribution in [2.24, 2.45) is 0 Å². The molecule has 2 aromatic carbocycles. The van der Waals surface area contributed by atoms with Crippen LogP contribution in [0.25, 0.3) is 5.82 Å². The molecule has 0 aliphatic rings. The zero-order valence-corrected chi connectivity index (χ0v) is 16.1. The first-order valence-corrected chi connectivity index (χ1v) is 9.32. The fourth-order valence-corrected chi connectivity index (χ4v) is 3.05. The second-order valence-corrected chi connectivity index (χ2v) is 6.88. The lowest BCUT2D eigenvalue weighted by atomic mass is 10.2. The average Bonchev–Trinajstić information content (AvgIpc) is 3.39. The molecular weight excluding hydrogens is 393 g/mol. The Hall–Kier alpha value is -3.45. The first-order chi connectivity index (χ1) is 14.1. The number of rotatable bonds is 6. The van der Waals surface area contributed by atoms with E-state index in [0.29, 0.717) is 17.4 Å². The molecule has 4 aromatic rings. The van der Waals surface area contributed by atoms with Crippen LogP contribution in [0.3, 0.4) is 0 Å². The molecule has 4 rings (SSSR count). The van der Waals surface area contributed by atoms with Crippen LogP contribution < -0.4 is 5.32 Å². The van der Waals surface area contributed by atoms with Gasteiger partial charge in [-0.2, -0.15) is 0 Å². The standard InChI is InChI=1S/C21H17ClFN5O/c22-17-7-3-16(4-8-17)14-28-21(27-11-1-2-12-27)19(25-26-28)20(29)24-13-15-5-9-18(23)10-6-15/h1-12H,13-14H2,(H,24,29). The summed E-state index contributed by atoms with van der Waals surface area (Å²) in [7, 11) is 0.